The van der Waals surface area contributed by atoms with Gasteiger partial charge in [-0.05, 0) is 61.9 Å². The van der Waals surface area contributed by atoms with Crippen LogP contribution in [0.15, 0.2) is 47.3 Å². The molecule has 1 saturated heterocycles. The monoisotopic (exact) mass is 452 g/mol. The molecule has 0 spiro atoms. The van der Waals surface area contributed by atoms with Gasteiger partial charge in [-0.3, -0.25) is 4.40 Å². The lowest BCUT2D eigenvalue weighted by molar-refractivity contribution is 0.158. The molecule has 1 aliphatic heterocycles. The Hall–Kier alpha value is -2.97. The van der Waals surface area contributed by atoms with Crippen molar-refractivity contribution in [3.8, 4) is 22.6 Å². The maximum Gasteiger partial charge on any atom is 0.306 e. The van der Waals surface area contributed by atoms with Gasteiger partial charge in [-0.1, -0.05) is 11.6 Å². The van der Waals surface area contributed by atoms with E-state index >= 15 is 0 Å². The van der Waals surface area contributed by atoms with Crippen molar-refractivity contribution in [2.75, 3.05) is 18.4 Å². The number of aromatic nitrogens is 4. The molecular weight excluding hydrogens is 431 g/mol. The molecule has 4 aromatic rings. The van der Waals surface area contributed by atoms with Gasteiger partial charge in [-0.25, -0.2) is 14.4 Å². The van der Waals surface area contributed by atoms with E-state index in [1.165, 1.54) is 31.4 Å². The predicted octanol–water partition coefficient (Wildman–Crippen LogP) is 4.64. The molecule has 2 unspecified atom stereocenters. The topological polar surface area (TPSA) is 80.3 Å². The van der Waals surface area contributed by atoms with Gasteiger partial charge in [0.2, 0.25) is 5.95 Å². The third kappa shape index (κ3) is 3.34. The summed E-state index contributed by atoms with van der Waals surface area (Å²) < 4.78 is 21.0. The van der Waals surface area contributed by atoms with Gasteiger partial charge in [0.05, 0.1) is 10.7 Å². The predicted molar refractivity (Wildman–Crippen MR) is 120 cm³/mol. The fraction of sp³-hybridized carbons (Fsp3) is 0.348. The van der Waals surface area contributed by atoms with Gasteiger partial charge >= 0.3 is 5.84 Å². The maximum absolute atomic E-state index is 13.6. The highest BCUT2D eigenvalue weighted by molar-refractivity contribution is 6.33. The normalized spacial score (nSPS) is 22.9. The first-order valence-electron chi connectivity index (χ1n) is 10.9. The molecule has 6 rings (SSSR count). The Labute approximate surface area is 189 Å². The SMILES string of the molecule is Fc1ccc(-c2nc3occn3c2-c2ccnc(N[C@@H]3CNCCC4CCC43)n2)c(Cl)c1. The average molecular weight is 453 g/mol. The number of hydrogen-bond donors (Lipinski definition) is 2. The largest absolute Gasteiger partial charge is 0.432 e. The highest BCUT2D eigenvalue weighted by Crippen LogP contribution is 2.41. The Bertz CT molecular complexity index is 1290. The number of rotatable bonds is 4. The minimum Gasteiger partial charge on any atom is -0.432 e. The standard InChI is InChI=1S/C23H22ClFN6O/c24-17-11-14(25)2-4-16(17)20-21(31-9-10-32-23(31)30-20)18-6-8-27-22(28-18)29-19-12-26-7-5-13-1-3-15(13)19/h2,4,6,8-11,13,15,19,26H,1,3,5,7,12H2,(H,27,28,29)/t13?,15?,19-/m1/s1. The Morgan fingerprint density at radius 3 is 2.97 bits per heavy atom. The summed E-state index contributed by atoms with van der Waals surface area (Å²) in [6.07, 6.45) is 8.87. The van der Waals surface area contributed by atoms with Gasteiger partial charge in [-0.15, -0.1) is 0 Å². The lowest BCUT2D eigenvalue weighted by Crippen LogP contribution is -2.43. The highest BCUT2D eigenvalue weighted by atomic mass is 35.5. The van der Waals surface area contributed by atoms with E-state index in [4.69, 9.17) is 21.0 Å². The second kappa shape index (κ2) is 7.86. The lowest BCUT2D eigenvalue weighted by Gasteiger charge is -2.40. The second-order valence-electron chi connectivity index (χ2n) is 8.50. The first kappa shape index (κ1) is 19.7. The van der Waals surface area contributed by atoms with Crippen LogP contribution in [0.1, 0.15) is 19.3 Å². The molecule has 164 valence electrons. The van der Waals surface area contributed by atoms with Crippen molar-refractivity contribution in [3.05, 3.63) is 53.8 Å². The zero-order valence-corrected chi connectivity index (χ0v) is 18.0. The smallest absolute Gasteiger partial charge is 0.306 e. The molecular formula is C23H22ClFN6O. The van der Waals surface area contributed by atoms with Crippen LogP contribution in [-0.4, -0.2) is 38.5 Å². The number of nitrogens with one attached hydrogen (secondary N) is 2. The molecule has 2 fully saturated rings. The van der Waals surface area contributed by atoms with Crippen molar-refractivity contribution in [1.82, 2.24) is 24.7 Å². The molecule has 0 amide bonds. The van der Waals surface area contributed by atoms with Crippen LogP contribution in [-0.2, 0) is 0 Å². The molecule has 1 aliphatic carbocycles. The number of halogens is 2. The highest BCUT2D eigenvalue weighted by Gasteiger charge is 2.38. The molecule has 7 nitrogen and oxygen atoms in total. The number of oxazole rings is 1. The quantitative estimate of drug-likeness (QED) is 0.469. The molecule has 3 atom stereocenters. The van der Waals surface area contributed by atoms with Crippen LogP contribution in [0.5, 0.6) is 0 Å². The van der Waals surface area contributed by atoms with E-state index in [9.17, 15) is 4.39 Å². The minimum absolute atomic E-state index is 0.278. The van der Waals surface area contributed by atoms with Gasteiger partial charge in [-0.2, -0.15) is 4.98 Å². The molecule has 1 saturated carbocycles. The lowest BCUT2D eigenvalue weighted by atomic mass is 9.69. The Balaban J connectivity index is 1.40. The van der Waals surface area contributed by atoms with E-state index < -0.39 is 5.82 Å². The summed E-state index contributed by atoms with van der Waals surface area (Å²) in [5.74, 6) is 2.02. The number of nitrogens with zero attached hydrogens (tertiary/aromatic N) is 4. The summed E-state index contributed by atoms with van der Waals surface area (Å²) in [7, 11) is 0. The number of imidazole rings is 1. The molecule has 2 aliphatic rings. The van der Waals surface area contributed by atoms with Gasteiger partial charge in [0.25, 0.3) is 0 Å². The third-order valence-electron chi connectivity index (χ3n) is 6.71. The van der Waals surface area contributed by atoms with Crippen LogP contribution in [0.3, 0.4) is 0 Å². The van der Waals surface area contributed by atoms with Crippen LogP contribution < -0.4 is 10.6 Å². The van der Waals surface area contributed by atoms with Crippen LogP contribution in [0.2, 0.25) is 5.02 Å². The summed E-state index contributed by atoms with van der Waals surface area (Å²) >= 11 is 6.36. The second-order valence-corrected chi connectivity index (χ2v) is 8.91. The summed E-state index contributed by atoms with van der Waals surface area (Å²) in [4.78, 5) is 13.9. The van der Waals surface area contributed by atoms with Crippen LogP contribution in [0.4, 0.5) is 10.3 Å². The molecule has 3 aromatic heterocycles. The molecule has 1 aromatic carbocycles. The fourth-order valence-corrected chi connectivity index (χ4v) is 5.22. The average Bonchev–Trinajstić information content (AvgIpc) is 3.30. The van der Waals surface area contributed by atoms with Crippen molar-refractivity contribution in [2.45, 2.75) is 25.3 Å². The number of hydrogen-bond acceptors (Lipinski definition) is 6. The van der Waals surface area contributed by atoms with E-state index in [0.29, 0.717) is 46.4 Å². The molecule has 9 heteroatoms. The van der Waals surface area contributed by atoms with E-state index in [0.717, 1.165) is 19.0 Å². The zero-order valence-electron chi connectivity index (χ0n) is 17.3. The van der Waals surface area contributed by atoms with Crippen molar-refractivity contribution in [1.29, 1.82) is 0 Å². The molecule has 0 bridgehead atoms. The first-order valence-corrected chi connectivity index (χ1v) is 11.3. The number of benzene rings is 1. The Morgan fingerprint density at radius 2 is 2.12 bits per heavy atom. The Kier molecular flexibility index (Phi) is 4.84. The number of fused-ring (bicyclic) bond motifs is 2. The molecule has 0 radical (unpaired) electrons. The van der Waals surface area contributed by atoms with Gasteiger partial charge in [0.1, 0.15) is 23.5 Å². The van der Waals surface area contributed by atoms with Crippen molar-refractivity contribution >= 4 is 23.4 Å². The van der Waals surface area contributed by atoms with Crippen LogP contribution in [0, 0.1) is 17.7 Å². The van der Waals surface area contributed by atoms with Crippen molar-refractivity contribution in [3.63, 3.8) is 0 Å². The van der Waals surface area contributed by atoms with Gasteiger partial charge < -0.3 is 15.1 Å². The van der Waals surface area contributed by atoms with E-state index in [1.807, 2.05) is 10.5 Å². The van der Waals surface area contributed by atoms with E-state index in [-0.39, 0.29) is 5.02 Å². The third-order valence-corrected chi connectivity index (χ3v) is 7.02. The van der Waals surface area contributed by atoms with Gasteiger partial charge in [0.15, 0.2) is 0 Å². The molecule has 32 heavy (non-hydrogen) atoms. The van der Waals surface area contributed by atoms with Crippen LogP contribution in [0.25, 0.3) is 28.5 Å². The number of anilines is 1. The summed E-state index contributed by atoms with van der Waals surface area (Å²) in [5, 5.41) is 7.37. The van der Waals surface area contributed by atoms with Crippen molar-refractivity contribution < 1.29 is 8.81 Å². The van der Waals surface area contributed by atoms with E-state index in [2.05, 4.69) is 20.6 Å². The Morgan fingerprint density at radius 1 is 1.19 bits per heavy atom. The summed E-state index contributed by atoms with van der Waals surface area (Å²) in [5.41, 5.74) is 2.58. The fourth-order valence-electron chi connectivity index (χ4n) is 4.96. The maximum atomic E-state index is 13.6. The zero-order chi connectivity index (χ0) is 21.7. The van der Waals surface area contributed by atoms with Gasteiger partial charge in [0, 0.05) is 30.5 Å². The summed E-state index contributed by atoms with van der Waals surface area (Å²) in [6.45, 7) is 1.97. The summed E-state index contributed by atoms with van der Waals surface area (Å²) in [6, 6.07) is 6.41. The van der Waals surface area contributed by atoms with E-state index in [1.54, 1.807) is 24.7 Å². The molecule has 4 heterocycles. The van der Waals surface area contributed by atoms with Crippen LogP contribution >= 0.6 is 11.6 Å². The minimum atomic E-state index is -0.400. The van der Waals surface area contributed by atoms with Crippen molar-refractivity contribution in [2.24, 2.45) is 11.8 Å². The molecule has 2 N–H and O–H groups in total. The first-order chi connectivity index (χ1) is 15.7.